The van der Waals surface area contributed by atoms with Gasteiger partial charge in [0.25, 0.3) is 5.91 Å². The molecular formula is C31H35F3N2O3. The molecule has 0 aromatic heterocycles. The highest BCUT2D eigenvalue weighted by Gasteiger charge is 2.31. The maximum atomic E-state index is 13.3. The molecule has 0 radical (unpaired) electrons. The van der Waals surface area contributed by atoms with Crippen molar-refractivity contribution in [3.8, 4) is 11.5 Å². The van der Waals surface area contributed by atoms with Gasteiger partial charge in [-0.3, -0.25) is 4.79 Å². The number of carbonyl (C=O) groups is 1. The topological polar surface area (TPSA) is 42.0 Å². The number of hydrogen-bond acceptors (Lipinski definition) is 4. The zero-order chi connectivity index (χ0) is 28.2. The van der Waals surface area contributed by atoms with Crippen LogP contribution in [0.4, 0.5) is 18.9 Å². The number of nitrogens with zero attached hydrogens (tertiary/aromatic N) is 2. The van der Waals surface area contributed by atoms with Gasteiger partial charge >= 0.3 is 6.18 Å². The Morgan fingerprint density at radius 1 is 0.846 bits per heavy atom. The molecule has 0 unspecified atom stereocenters. The van der Waals surface area contributed by atoms with Gasteiger partial charge in [-0.2, -0.15) is 13.2 Å². The summed E-state index contributed by atoms with van der Waals surface area (Å²) in [6.45, 7) is 10.8. The van der Waals surface area contributed by atoms with Gasteiger partial charge in [0.1, 0.15) is 18.1 Å². The smallest absolute Gasteiger partial charge is 0.416 e. The van der Waals surface area contributed by atoms with Crippen molar-refractivity contribution >= 4 is 11.6 Å². The second-order valence-corrected chi connectivity index (χ2v) is 10.6. The number of ether oxygens (including phenoxy) is 2. The molecule has 1 aliphatic heterocycles. The molecule has 0 bridgehead atoms. The summed E-state index contributed by atoms with van der Waals surface area (Å²) in [5.41, 5.74) is 2.39. The normalized spacial score (nSPS) is 14.3. The van der Waals surface area contributed by atoms with E-state index in [0.717, 1.165) is 23.4 Å². The van der Waals surface area contributed by atoms with Crippen molar-refractivity contribution in [2.45, 2.75) is 45.9 Å². The van der Waals surface area contributed by atoms with Crippen LogP contribution in [0.1, 0.15) is 54.7 Å². The Kier molecular flexibility index (Phi) is 8.42. The van der Waals surface area contributed by atoms with Gasteiger partial charge in [-0.25, -0.2) is 0 Å². The lowest BCUT2D eigenvalue weighted by Crippen LogP contribution is -2.48. The molecule has 208 valence electrons. The summed E-state index contributed by atoms with van der Waals surface area (Å²) in [5, 5.41) is 0. The molecule has 0 atom stereocenters. The van der Waals surface area contributed by atoms with Crippen molar-refractivity contribution in [2.24, 2.45) is 0 Å². The molecule has 1 heterocycles. The number of benzene rings is 3. The number of rotatable bonds is 7. The summed E-state index contributed by atoms with van der Waals surface area (Å²) >= 11 is 0. The Labute approximate surface area is 228 Å². The molecule has 3 aromatic carbocycles. The SMILES string of the molecule is CCOc1ccc(C(=O)N2CCN(c3cccc(C(F)(F)F)c3)CC2)cc1COc1ccc(C(C)(C)C)cc1. The van der Waals surface area contributed by atoms with Crippen LogP contribution in [0.15, 0.2) is 66.7 Å². The zero-order valence-corrected chi connectivity index (χ0v) is 22.8. The largest absolute Gasteiger partial charge is 0.493 e. The highest BCUT2D eigenvalue weighted by Crippen LogP contribution is 2.32. The Bertz CT molecular complexity index is 1280. The van der Waals surface area contributed by atoms with Crippen molar-refractivity contribution in [3.05, 3.63) is 89.0 Å². The Hall–Kier alpha value is -3.68. The first-order chi connectivity index (χ1) is 18.5. The van der Waals surface area contributed by atoms with Gasteiger partial charge in [-0.05, 0) is 66.4 Å². The number of carbonyl (C=O) groups excluding carboxylic acids is 1. The van der Waals surface area contributed by atoms with Gasteiger partial charge in [0.2, 0.25) is 0 Å². The van der Waals surface area contributed by atoms with Gasteiger partial charge in [0, 0.05) is 43.0 Å². The second kappa shape index (κ2) is 11.6. The molecular weight excluding hydrogens is 505 g/mol. The monoisotopic (exact) mass is 540 g/mol. The van der Waals surface area contributed by atoms with Crippen LogP contribution in [0.5, 0.6) is 11.5 Å². The summed E-state index contributed by atoms with van der Waals surface area (Å²) in [4.78, 5) is 16.9. The van der Waals surface area contributed by atoms with E-state index in [9.17, 15) is 18.0 Å². The predicted molar refractivity (Wildman–Crippen MR) is 147 cm³/mol. The molecule has 0 N–H and O–H groups in total. The van der Waals surface area contributed by atoms with Gasteiger partial charge in [-0.1, -0.05) is 39.0 Å². The third-order valence-electron chi connectivity index (χ3n) is 6.83. The van der Waals surface area contributed by atoms with E-state index in [0.29, 0.717) is 49.8 Å². The van der Waals surface area contributed by atoms with Crippen molar-refractivity contribution in [1.82, 2.24) is 4.90 Å². The fraction of sp³-hybridized carbons (Fsp3) is 0.387. The zero-order valence-electron chi connectivity index (χ0n) is 22.8. The van der Waals surface area contributed by atoms with Crippen LogP contribution >= 0.6 is 0 Å². The molecule has 0 spiro atoms. The number of hydrogen-bond donors (Lipinski definition) is 0. The Morgan fingerprint density at radius 3 is 2.15 bits per heavy atom. The number of alkyl halides is 3. The highest BCUT2D eigenvalue weighted by atomic mass is 19.4. The molecule has 1 fully saturated rings. The number of amides is 1. The van der Waals surface area contributed by atoms with Gasteiger partial charge in [-0.15, -0.1) is 0 Å². The van der Waals surface area contributed by atoms with Crippen LogP contribution < -0.4 is 14.4 Å². The third-order valence-corrected chi connectivity index (χ3v) is 6.83. The third kappa shape index (κ3) is 7.05. The van der Waals surface area contributed by atoms with Gasteiger partial charge in [0.05, 0.1) is 12.2 Å². The fourth-order valence-electron chi connectivity index (χ4n) is 4.56. The lowest BCUT2D eigenvalue weighted by Gasteiger charge is -2.36. The molecule has 0 aliphatic carbocycles. The van der Waals surface area contributed by atoms with Crippen molar-refractivity contribution in [2.75, 3.05) is 37.7 Å². The molecule has 5 nitrogen and oxygen atoms in total. The first kappa shape index (κ1) is 28.3. The first-order valence-electron chi connectivity index (χ1n) is 13.2. The van der Waals surface area contributed by atoms with Crippen molar-refractivity contribution in [3.63, 3.8) is 0 Å². The highest BCUT2D eigenvalue weighted by molar-refractivity contribution is 5.94. The van der Waals surface area contributed by atoms with E-state index in [2.05, 4.69) is 32.9 Å². The molecule has 3 aromatic rings. The van der Waals surface area contributed by atoms with Crippen LogP contribution in [-0.4, -0.2) is 43.6 Å². The minimum atomic E-state index is -4.39. The molecule has 1 aliphatic rings. The molecule has 1 saturated heterocycles. The Morgan fingerprint density at radius 2 is 1.54 bits per heavy atom. The Balaban J connectivity index is 1.42. The number of anilines is 1. The molecule has 4 rings (SSSR count). The van der Waals surface area contributed by atoms with E-state index >= 15 is 0 Å². The van der Waals surface area contributed by atoms with Crippen LogP contribution in [0.3, 0.4) is 0 Å². The molecule has 1 amide bonds. The van der Waals surface area contributed by atoms with E-state index in [1.165, 1.54) is 11.6 Å². The minimum Gasteiger partial charge on any atom is -0.493 e. The van der Waals surface area contributed by atoms with Crippen LogP contribution in [0.25, 0.3) is 0 Å². The quantitative estimate of drug-likeness (QED) is 0.326. The van der Waals surface area contributed by atoms with Crippen LogP contribution in [-0.2, 0) is 18.2 Å². The standard InChI is InChI=1S/C31H35F3N2O3/c1-5-38-28-14-9-22(19-23(28)21-39-27-12-10-24(11-13-27)30(2,3)4)29(37)36-17-15-35(16-18-36)26-8-6-7-25(20-26)31(32,33)34/h6-14,19-20H,5,15-18,21H2,1-4H3. The van der Waals surface area contributed by atoms with E-state index < -0.39 is 11.7 Å². The maximum Gasteiger partial charge on any atom is 0.416 e. The van der Waals surface area contributed by atoms with Crippen LogP contribution in [0, 0.1) is 0 Å². The van der Waals surface area contributed by atoms with Crippen molar-refractivity contribution < 1.29 is 27.4 Å². The summed E-state index contributed by atoms with van der Waals surface area (Å²) in [7, 11) is 0. The van der Waals surface area contributed by atoms with E-state index in [1.54, 1.807) is 29.2 Å². The first-order valence-corrected chi connectivity index (χ1v) is 13.2. The van der Waals surface area contributed by atoms with E-state index in [-0.39, 0.29) is 17.9 Å². The van der Waals surface area contributed by atoms with E-state index in [1.807, 2.05) is 24.0 Å². The second-order valence-electron chi connectivity index (χ2n) is 10.6. The summed E-state index contributed by atoms with van der Waals surface area (Å²) in [6.07, 6.45) is -4.39. The lowest BCUT2D eigenvalue weighted by molar-refractivity contribution is -0.137. The van der Waals surface area contributed by atoms with E-state index in [4.69, 9.17) is 9.47 Å². The van der Waals surface area contributed by atoms with Crippen LogP contribution in [0.2, 0.25) is 0 Å². The summed E-state index contributed by atoms with van der Waals surface area (Å²) in [6, 6.07) is 18.6. The average Bonchev–Trinajstić information content (AvgIpc) is 2.92. The molecule has 8 heteroatoms. The minimum absolute atomic E-state index is 0.0495. The predicted octanol–water partition coefficient (Wildman–Crippen LogP) is 6.94. The summed E-state index contributed by atoms with van der Waals surface area (Å²) < 4.78 is 51.2. The van der Waals surface area contributed by atoms with Gasteiger partial charge in [0.15, 0.2) is 0 Å². The number of piperazine rings is 1. The fourth-order valence-corrected chi connectivity index (χ4v) is 4.56. The molecule has 0 saturated carbocycles. The summed E-state index contributed by atoms with van der Waals surface area (Å²) in [5.74, 6) is 1.26. The molecule has 39 heavy (non-hydrogen) atoms. The average molecular weight is 541 g/mol. The van der Waals surface area contributed by atoms with Gasteiger partial charge < -0.3 is 19.3 Å². The number of halogens is 3. The maximum absolute atomic E-state index is 13.3. The lowest BCUT2D eigenvalue weighted by atomic mass is 9.87. The van der Waals surface area contributed by atoms with Crippen molar-refractivity contribution in [1.29, 1.82) is 0 Å².